The van der Waals surface area contributed by atoms with Gasteiger partial charge in [0, 0.05) is 81.9 Å². The fourth-order valence-electron chi connectivity index (χ4n) is 9.22. The van der Waals surface area contributed by atoms with Gasteiger partial charge in [-0.15, -0.1) is 11.3 Å². The molecule has 3 fully saturated rings. The topological polar surface area (TPSA) is 191 Å². The summed E-state index contributed by atoms with van der Waals surface area (Å²) in [5, 5.41) is 10.2. The van der Waals surface area contributed by atoms with Crippen molar-refractivity contribution in [1.29, 1.82) is 0 Å². The first-order chi connectivity index (χ1) is 35.5. The highest BCUT2D eigenvalue weighted by atomic mass is 35.5. The Morgan fingerprint density at radius 1 is 1.04 bits per heavy atom. The monoisotopic (exact) mass is 1080 g/mol. The first-order valence-corrected chi connectivity index (χ1v) is 28.2. The maximum absolute atomic E-state index is 14.7. The molecular formula is C54H75ClFN11O5S2. The van der Waals surface area contributed by atoms with E-state index in [9.17, 15) is 23.6 Å². The highest BCUT2D eigenvalue weighted by Gasteiger charge is 2.53. The summed E-state index contributed by atoms with van der Waals surface area (Å²) in [6, 6.07) is 10.7. The molecule has 0 spiro atoms. The Hall–Kier alpha value is -4.92. The van der Waals surface area contributed by atoms with Gasteiger partial charge in [0.25, 0.3) is 5.91 Å². The van der Waals surface area contributed by atoms with Crippen LogP contribution in [0.2, 0.25) is 5.02 Å². The number of aromatic nitrogens is 3. The van der Waals surface area contributed by atoms with Crippen molar-refractivity contribution < 1.29 is 28.3 Å². The van der Waals surface area contributed by atoms with Crippen LogP contribution in [0.15, 0.2) is 64.2 Å². The van der Waals surface area contributed by atoms with E-state index in [1.165, 1.54) is 11.8 Å². The number of hydrogen-bond donors (Lipinski definition) is 4. The molecule has 2 aliphatic heterocycles. The summed E-state index contributed by atoms with van der Waals surface area (Å²) in [6.07, 6.45) is 8.23. The number of nitrogens with zero attached hydrogens (tertiary/aromatic N) is 7. The number of benzene rings is 2. The molecule has 74 heavy (non-hydrogen) atoms. The number of aryl methyl sites for hydroxylation is 1. The van der Waals surface area contributed by atoms with Crippen molar-refractivity contribution in [3.63, 3.8) is 0 Å². The molecule has 0 radical (unpaired) electrons. The zero-order chi connectivity index (χ0) is 53.0. The molecular weight excluding hydrogens is 1000 g/mol. The number of nitrogens with one attached hydrogen (secondary N) is 3. The number of alkyl halides is 1. The summed E-state index contributed by atoms with van der Waals surface area (Å²) in [7, 11) is 0. The van der Waals surface area contributed by atoms with Gasteiger partial charge >= 0.3 is 0 Å². The summed E-state index contributed by atoms with van der Waals surface area (Å²) in [5.41, 5.74) is 8.57. The maximum atomic E-state index is 14.7. The molecule has 2 aromatic carbocycles. The number of nitrogens with two attached hydrogens (primary N) is 1. The van der Waals surface area contributed by atoms with Gasteiger partial charge in [-0.2, -0.15) is 0 Å². The molecule has 16 nitrogen and oxygen atoms in total. The quantitative estimate of drug-likeness (QED) is 0.0495. The number of anilines is 2. The van der Waals surface area contributed by atoms with Gasteiger partial charge in [-0.1, -0.05) is 76.2 Å². The minimum Gasteiger partial charge on any atom is -0.492 e. The Morgan fingerprint density at radius 2 is 1.82 bits per heavy atom. The molecule has 4 heterocycles. The van der Waals surface area contributed by atoms with E-state index < -0.39 is 28.9 Å². The van der Waals surface area contributed by atoms with Crippen molar-refractivity contribution in [2.24, 2.45) is 17.1 Å². The summed E-state index contributed by atoms with van der Waals surface area (Å²) in [5.74, 6) is 0.441. The first kappa shape index (κ1) is 56.8. The van der Waals surface area contributed by atoms with E-state index in [0.29, 0.717) is 92.1 Å². The van der Waals surface area contributed by atoms with Crippen LogP contribution in [0, 0.1) is 18.3 Å². The van der Waals surface area contributed by atoms with Gasteiger partial charge in [0.2, 0.25) is 17.7 Å². The fraction of sp³-hybridized carbons (Fsp3) is 0.574. The van der Waals surface area contributed by atoms with E-state index in [2.05, 4.69) is 72.7 Å². The number of amides is 4. The molecule has 5 N–H and O–H groups in total. The standard InChI is InChI=1S/C54H75ClFN11O5S2/c1-7-19-65(21-16-36(2)30-57)44-33-60-46(34-59-44)74-43-13-10-12-41(48(43)55)62-45(68)29-47(69)66-24-22-64(23-25-66)26-27-72-42-28-38(49-37(3)61-35-73-49)14-15-39(42)31-58-32-40-11-8-9-20-67(40)51(70)50(53(4,5)6)63-52(71)54(56)17-18-54/h10,12-15,28,33-36,40,50,58H,7-9,11,16-27,29-32,57H2,1-6H3,(H,62,68)(H,63,71)/t36?,40-,50?/m0/s1. The van der Waals surface area contributed by atoms with Crippen molar-refractivity contribution in [3.05, 3.63) is 70.6 Å². The number of carbonyl (C=O) groups is 4. The molecule has 2 saturated heterocycles. The Balaban J connectivity index is 0.883. The molecule has 3 aliphatic rings. The molecule has 2 unspecified atom stereocenters. The third-order valence-electron chi connectivity index (χ3n) is 14.0. The molecule has 1 aliphatic carbocycles. The number of halogens is 2. The lowest BCUT2D eigenvalue weighted by atomic mass is 9.84. The number of rotatable bonds is 24. The van der Waals surface area contributed by atoms with Crippen LogP contribution in [-0.2, 0) is 25.7 Å². The second kappa shape index (κ2) is 26.2. The van der Waals surface area contributed by atoms with Crippen LogP contribution >= 0.6 is 34.7 Å². The molecule has 402 valence electrons. The van der Waals surface area contributed by atoms with Gasteiger partial charge in [-0.3, -0.25) is 24.1 Å². The molecule has 20 heteroatoms. The number of thiazole rings is 1. The van der Waals surface area contributed by atoms with Crippen LogP contribution in [0.3, 0.4) is 0 Å². The third-order valence-corrected chi connectivity index (χ3v) is 16.5. The van der Waals surface area contributed by atoms with E-state index in [0.717, 1.165) is 78.5 Å². The third kappa shape index (κ3) is 15.4. The minimum absolute atomic E-state index is 0.0867. The van der Waals surface area contributed by atoms with Crippen molar-refractivity contribution in [2.75, 3.05) is 82.3 Å². The molecule has 2 aromatic heterocycles. The molecule has 7 rings (SSSR count). The second-order valence-electron chi connectivity index (χ2n) is 21.0. The van der Waals surface area contributed by atoms with Gasteiger partial charge in [-0.25, -0.2) is 19.3 Å². The highest BCUT2D eigenvalue weighted by molar-refractivity contribution is 7.99. The van der Waals surface area contributed by atoms with Gasteiger partial charge in [0.15, 0.2) is 5.67 Å². The Kier molecular flexibility index (Phi) is 20.1. The Bertz CT molecular complexity index is 2540. The first-order valence-electron chi connectivity index (χ1n) is 26.2. The average Bonchev–Trinajstić information content (AvgIpc) is 4.00. The lowest BCUT2D eigenvalue weighted by Gasteiger charge is -2.41. The molecule has 0 bridgehead atoms. The Labute approximate surface area is 449 Å². The number of carbonyl (C=O) groups excluding carboxylic acids is 4. The fourth-order valence-corrected chi connectivity index (χ4v) is 11.1. The summed E-state index contributed by atoms with van der Waals surface area (Å²) in [6.45, 7) is 19.3. The van der Waals surface area contributed by atoms with Gasteiger partial charge < -0.3 is 41.1 Å². The molecule has 4 aromatic rings. The molecule has 1 saturated carbocycles. The lowest BCUT2D eigenvalue weighted by molar-refractivity contribution is -0.144. The largest absolute Gasteiger partial charge is 0.492 e. The number of piperidine rings is 1. The van der Waals surface area contributed by atoms with Crippen LogP contribution in [0.25, 0.3) is 10.4 Å². The average molecular weight is 1080 g/mol. The van der Waals surface area contributed by atoms with Crippen LogP contribution in [0.5, 0.6) is 5.75 Å². The van der Waals surface area contributed by atoms with Crippen LogP contribution in [0.4, 0.5) is 15.9 Å². The molecule has 3 atom stereocenters. The summed E-state index contributed by atoms with van der Waals surface area (Å²) in [4.78, 5) is 77.2. The second-order valence-corrected chi connectivity index (χ2v) is 23.3. The van der Waals surface area contributed by atoms with E-state index in [4.69, 9.17) is 22.1 Å². The smallest absolute Gasteiger partial charge is 0.258 e. The van der Waals surface area contributed by atoms with Gasteiger partial charge in [-0.05, 0) is 93.5 Å². The SMILES string of the molecule is CCCN(CCC(C)CN)c1cnc(Sc2cccc(NC(=O)CC(=O)N3CCN(CCOc4cc(-c5scnc5C)ccc4CNC[C@@H]4CCCCN4C(=O)C(NC(=O)C4(F)CC4)C(C)(C)C)CC3)c2Cl)cn1. The Morgan fingerprint density at radius 3 is 2.50 bits per heavy atom. The van der Waals surface area contributed by atoms with Crippen molar-refractivity contribution in [1.82, 2.24) is 40.3 Å². The maximum Gasteiger partial charge on any atom is 0.258 e. The van der Waals surface area contributed by atoms with E-state index >= 15 is 0 Å². The normalized spacial score (nSPS) is 17.6. The predicted octanol–water partition coefficient (Wildman–Crippen LogP) is 7.97. The van der Waals surface area contributed by atoms with Crippen LogP contribution < -0.4 is 31.3 Å². The van der Waals surface area contributed by atoms with Crippen molar-refractivity contribution >= 4 is 69.8 Å². The minimum atomic E-state index is -1.86. The summed E-state index contributed by atoms with van der Waals surface area (Å²) >= 11 is 9.73. The lowest BCUT2D eigenvalue weighted by Crippen LogP contribution is -2.60. The zero-order valence-electron chi connectivity index (χ0n) is 43.9. The van der Waals surface area contributed by atoms with E-state index in [1.54, 1.807) is 40.8 Å². The van der Waals surface area contributed by atoms with E-state index in [1.807, 2.05) is 44.2 Å². The van der Waals surface area contributed by atoms with Crippen molar-refractivity contribution in [3.8, 4) is 16.2 Å². The number of ether oxygens (including phenoxy) is 1. The highest BCUT2D eigenvalue weighted by Crippen LogP contribution is 2.41. The van der Waals surface area contributed by atoms with Crippen LogP contribution in [0.1, 0.15) is 97.2 Å². The number of hydrogen-bond acceptors (Lipinski definition) is 14. The van der Waals surface area contributed by atoms with E-state index in [-0.39, 0.29) is 37.1 Å². The van der Waals surface area contributed by atoms with Crippen molar-refractivity contribution in [2.45, 2.75) is 127 Å². The predicted molar refractivity (Wildman–Crippen MR) is 293 cm³/mol. The zero-order valence-corrected chi connectivity index (χ0v) is 46.3. The van der Waals surface area contributed by atoms with Crippen LogP contribution in [-0.4, -0.2) is 143 Å². The summed E-state index contributed by atoms with van der Waals surface area (Å²) < 4.78 is 21.3. The van der Waals surface area contributed by atoms with Gasteiger partial charge in [0.1, 0.15) is 35.7 Å². The number of piperazine rings is 1. The number of likely N-dealkylation sites (tertiary alicyclic amines) is 1. The molecule has 4 amide bonds. The van der Waals surface area contributed by atoms with Gasteiger partial charge in [0.05, 0.1) is 39.2 Å².